The zero-order chi connectivity index (χ0) is 28.0. The van der Waals surface area contributed by atoms with Crippen LogP contribution in [0.1, 0.15) is 61.8 Å². The summed E-state index contributed by atoms with van der Waals surface area (Å²) in [6.45, 7) is 4.64. The van der Waals surface area contributed by atoms with E-state index in [1.807, 2.05) is 36.5 Å². The number of carboxylic acids is 1. The van der Waals surface area contributed by atoms with Crippen LogP contribution in [-0.4, -0.2) is 33.0 Å². The van der Waals surface area contributed by atoms with Gasteiger partial charge >= 0.3 is 5.97 Å². The zero-order valence-electron chi connectivity index (χ0n) is 22.5. The molecule has 2 atom stereocenters. The Morgan fingerprint density at radius 3 is 2.75 bits per heavy atom. The molecule has 208 valence electrons. The highest BCUT2D eigenvalue weighted by Crippen LogP contribution is 2.44. The van der Waals surface area contributed by atoms with Crippen LogP contribution in [0.25, 0.3) is 10.9 Å². The molecule has 2 heterocycles. The lowest BCUT2D eigenvalue weighted by molar-refractivity contribution is -0.137. The zero-order valence-corrected chi connectivity index (χ0v) is 22.5. The molecule has 0 amide bonds. The van der Waals surface area contributed by atoms with Crippen molar-refractivity contribution in [1.29, 1.82) is 0 Å². The Balaban J connectivity index is 1.19. The second kappa shape index (κ2) is 10.2. The molecule has 0 spiro atoms. The first-order valence-electron chi connectivity index (χ1n) is 13.6. The maximum atomic E-state index is 15.1. The van der Waals surface area contributed by atoms with E-state index in [0.29, 0.717) is 61.0 Å². The largest absolute Gasteiger partial charge is 0.492 e. The Morgan fingerprint density at radius 2 is 1.95 bits per heavy atom. The van der Waals surface area contributed by atoms with Crippen molar-refractivity contribution >= 4 is 16.9 Å². The van der Waals surface area contributed by atoms with E-state index in [0.717, 1.165) is 22.0 Å². The molecular weight excluding hydrogens is 513 g/mol. The van der Waals surface area contributed by atoms with Crippen molar-refractivity contribution in [2.75, 3.05) is 6.61 Å². The first-order chi connectivity index (χ1) is 19.1. The number of aliphatic carboxylic acids is 1. The summed E-state index contributed by atoms with van der Waals surface area (Å²) in [7, 11) is 0. The van der Waals surface area contributed by atoms with E-state index < -0.39 is 17.7 Å². The monoisotopic (exact) mass is 545 g/mol. The van der Waals surface area contributed by atoms with Gasteiger partial charge in [-0.05, 0) is 75.6 Å². The van der Waals surface area contributed by atoms with Crippen LogP contribution in [-0.2, 0) is 17.8 Å². The van der Waals surface area contributed by atoms with Gasteiger partial charge in [-0.2, -0.15) is 0 Å². The molecular formula is C32H32FNO6. The van der Waals surface area contributed by atoms with Gasteiger partial charge in [0.25, 0.3) is 0 Å². The summed E-state index contributed by atoms with van der Waals surface area (Å²) in [5, 5.41) is 20.2. The third kappa shape index (κ3) is 5.23. The number of carboxylic acid groups (broad SMARTS) is 1. The maximum Gasteiger partial charge on any atom is 0.304 e. The Labute approximate surface area is 231 Å². The summed E-state index contributed by atoms with van der Waals surface area (Å²) >= 11 is 0. The molecule has 1 aliphatic carbocycles. The van der Waals surface area contributed by atoms with Crippen molar-refractivity contribution in [3.63, 3.8) is 0 Å². The van der Waals surface area contributed by atoms with Gasteiger partial charge in [0.2, 0.25) is 0 Å². The molecule has 0 saturated heterocycles. The first kappa shape index (κ1) is 26.2. The van der Waals surface area contributed by atoms with Crippen LogP contribution >= 0.6 is 0 Å². The van der Waals surface area contributed by atoms with E-state index in [1.54, 1.807) is 32.0 Å². The number of hydrogen-bond donors (Lipinski definition) is 2. The van der Waals surface area contributed by atoms with Crippen LogP contribution in [0.4, 0.5) is 4.39 Å². The number of aliphatic hydroxyl groups is 1. The molecule has 6 rings (SSSR count). The van der Waals surface area contributed by atoms with Gasteiger partial charge in [-0.1, -0.05) is 6.07 Å². The quantitative estimate of drug-likeness (QED) is 0.242. The normalized spacial score (nSPS) is 17.9. The predicted molar refractivity (Wildman–Crippen MR) is 148 cm³/mol. The third-order valence-electron chi connectivity index (χ3n) is 7.74. The lowest BCUT2D eigenvalue weighted by Crippen LogP contribution is -2.20. The number of ether oxygens (including phenoxy) is 3. The molecule has 7 nitrogen and oxygen atoms in total. The summed E-state index contributed by atoms with van der Waals surface area (Å²) in [6.07, 6.45) is 3.41. The molecule has 1 aromatic heterocycles. The van der Waals surface area contributed by atoms with Gasteiger partial charge in [-0.3, -0.25) is 4.79 Å². The minimum Gasteiger partial charge on any atom is -0.492 e. The molecule has 2 N–H and O–H groups in total. The van der Waals surface area contributed by atoms with Crippen LogP contribution in [0.2, 0.25) is 0 Å². The molecule has 0 fully saturated rings. The van der Waals surface area contributed by atoms with E-state index in [1.165, 1.54) is 6.07 Å². The molecule has 3 aromatic carbocycles. The minimum atomic E-state index is -0.863. The fourth-order valence-electron chi connectivity index (χ4n) is 5.69. The average Bonchev–Trinajstić information content (AvgIpc) is 3.61. The van der Waals surface area contributed by atoms with Crippen molar-refractivity contribution in [3.05, 3.63) is 83.3 Å². The summed E-state index contributed by atoms with van der Waals surface area (Å²) in [6, 6.07) is 16.4. The van der Waals surface area contributed by atoms with Crippen molar-refractivity contribution in [2.45, 2.75) is 63.7 Å². The highest BCUT2D eigenvalue weighted by molar-refractivity contribution is 5.81. The highest BCUT2D eigenvalue weighted by atomic mass is 19.1. The Morgan fingerprint density at radius 1 is 1.12 bits per heavy atom. The van der Waals surface area contributed by atoms with Gasteiger partial charge in [0.1, 0.15) is 34.9 Å². The second-order valence-electron chi connectivity index (χ2n) is 11.3. The minimum absolute atomic E-state index is 0.0119. The molecule has 8 heteroatoms. The van der Waals surface area contributed by atoms with E-state index in [9.17, 15) is 9.90 Å². The molecule has 40 heavy (non-hydrogen) atoms. The number of aromatic nitrogens is 1. The average molecular weight is 546 g/mol. The fraction of sp³-hybridized carbons (Fsp3) is 0.344. The Kier molecular flexibility index (Phi) is 6.66. The Hall–Kier alpha value is -4.04. The smallest absolute Gasteiger partial charge is 0.304 e. The van der Waals surface area contributed by atoms with Crippen LogP contribution < -0.4 is 14.2 Å². The predicted octanol–water partition coefficient (Wildman–Crippen LogP) is 6.75. The number of carbonyl (C=O) groups is 1. The number of halogens is 1. The number of fused-ring (bicyclic) bond motifs is 3. The third-order valence-corrected chi connectivity index (χ3v) is 7.74. The van der Waals surface area contributed by atoms with Gasteiger partial charge in [0, 0.05) is 52.3 Å². The lowest BCUT2D eigenvalue weighted by Gasteiger charge is -2.18. The molecule has 0 saturated carbocycles. The standard InChI is InChI=1S/C32H32FNO6/c1-32(2,37)12-14-34-13-11-19-15-21(4-8-26(19)34)39-27-10-7-25(33)31-24(27)6-9-28(31)40-22-3-5-23-20(16-30(35)36)18-38-29(23)17-22/h3-5,7-8,10-11,13,15,17,20,28,37H,6,9,12,14,16,18H2,1-2H3,(H,35,36). The molecule has 0 bridgehead atoms. The highest BCUT2D eigenvalue weighted by Gasteiger charge is 2.32. The van der Waals surface area contributed by atoms with Crippen LogP contribution in [0.5, 0.6) is 23.0 Å². The summed E-state index contributed by atoms with van der Waals surface area (Å²) in [4.78, 5) is 11.1. The van der Waals surface area contributed by atoms with Crippen molar-refractivity contribution in [3.8, 4) is 23.0 Å². The van der Waals surface area contributed by atoms with E-state index in [2.05, 4.69) is 4.57 Å². The molecule has 2 unspecified atom stereocenters. The van der Waals surface area contributed by atoms with Gasteiger partial charge in [0.15, 0.2) is 0 Å². The Bertz CT molecular complexity index is 1590. The molecule has 4 aromatic rings. The van der Waals surface area contributed by atoms with E-state index in [4.69, 9.17) is 19.3 Å². The van der Waals surface area contributed by atoms with E-state index in [-0.39, 0.29) is 18.2 Å². The van der Waals surface area contributed by atoms with Crippen molar-refractivity contribution in [1.82, 2.24) is 4.57 Å². The van der Waals surface area contributed by atoms with Gasteiger partial charge in [0.05, 0.1) is 18.6 Å². The van der Waals surface area contributed by atoms with Gasteiger partial charge in [-0.25, -0.2) is 4.39 Å². The second-order valence-corrected chi connectivity index (χ2v) is 11.3. The van der Waals surface area contributed by atoms with Crippen molar-refractivity contribution < 1.29 is 33.6 Å². The lowest BCUT2D eigenvalue weighted by atomic mass is 9.98. The number of rotatable bonds is 9. The number of hydrogen-bond acceptors (Lipinski definition) is 5. The van der Waals surface area contributed by atoms with Gasteiger partial charge in [-0.15, -0.1) is 0 Å². The number of nitrogens with zero attached hydrogens (tertiary/aromatic N) is 1. The number of aryl methyl sites for hydroxylation is 1. The first-order valence-corrected chi connectivity index (χ1v) is 13.6. The van der Waals surface area contributed by atoms with Gasteiger partial charge < -0.3 is 29.0 Å². The van der Waals surface area contributed by atoms with Crippen LogP contribution in [0, 0.1) is 5.82 Å². The molecule has 2 aliphatic rings. The summed E-state index contributed by atoms with van der Waals surface area (Å²) < 4.78 is 35.4. The molecule has 1 aliphatic heterocycles. The maximum absolute atomic E-state index is 15.1. The number of benzene rings is 3. The van der Waals surface area contributed by atoms with Crippen molar-refractivity contribution in [2.24, 2.45) is 0 Å². The summed E-state index contributed by atoms with van der Waals surface area (Å²) in [5.41, 5.74) is 2.48. The van der Waals surface area contributed by atoms with E-state index >= 15 is 4.39 Å². The molecule has 0 radical (unpaired) electrons. The van der Waals surface area contributed by atoms with Crippen LogP contribution in [0.15, 0.2) is 60.8 Å². The topological polar surface area (TPSA) is 90.2 Å². The fourth-order valence-corrected chi connectivity index (χ4v) is 5.69. The van der Waals surface area contributed by atoms with Crippen LogP contribution in [0.3, 0.4) is 0 Å². The summed E-state index contributed by atoms with van der Waals surface area (Å²) in [5.74, 6) is 1.06. The SMILES string of the molecule is CC(C)(O)CCn1ccc2cc(Oc3ccc(F)c4c3CCC4Oc3ccc4c(c3)OCC4CC(=O)O)ccc21.